The molecule has 136 valence electrons. The number of rotatable bonds is 11. The molecule has 2 amide bonds. The highest BCUT2D eigenvalue weighted by atomic mass is 16.5. The van der Waals surface area contributed by atoms with E-state index in [-0.39, 0.29) is 11.4 Å². The van der Waals surface area contributed by atoms with Gasteiger partial charge in [0.05, 0.1) is 0 Å². The van der Waals surface area contributed by atoms with E-state index in [0.717, 1.165) is 12.8 Å². The van der Waals surface area contributed by atoms with Crippen molar-refractivity contribution in [2.24, 2.45) is 4.99 Å². The molecule has 0 atom stereocenters. The van der Waals surface area contributed by atoms with E-state index >= 15 is 0 Å². The molecule has 0 saturated carbocycles. The van der Waals surface area contributed by atoms with E-state index in [1.54, 1.807) is 0 Å². The van der Waals surface area contributed by atoms with Gasteiger partial charge in [0, 0.05) is 18.8 Å². The summed E-state index contributed by atoms with van der Waals surface area (Å²) in [6, 6.07) is 0.926. The Morgan fingerprint density at radius 3 is 2.38 bits per heavy atom. The number of carbonyl (C=O) groups is 1. The maximum Gasteiger partial charge on any atom is 0.343 e. The summed E-state index contributed by atoms with van der Waals surface area (Å²) in [5.74, 6) is -0.112. The number of nitrogens with zero attached hydrogens (tertiary/aromatic N) is 3. The average Bonchev–Trinajstić information content (AvgIpc) is 2.57. The first-order chi connectivity index (χ1) is 11.6. The molecule has 1 heterocycles. The van der Waals surface area contributed by atoms with Gasteiger partial charge in [0.15, 0.2) is 5.49 Å². The van der Waals surface area contributed by atoms with Crippen molar-refractivity contribution in [3.05, 3.63) is 17.8 Å². The average molecular weight is 337 g/mol. The maximum absolute atomic E-state index is 11.7. The number of nitrogen functional groups attached to an aromatic ring is 1. The molecule has 4 N–H and O–H groups in total. The second kappa shape index (κ2) is 12.4. The Kier molecular flexibility index (Phi) is 10.3. The number of hydrogen-bond donors (Lipinski definition) is 3. The second-order valence-corrected chi connectivity index (χ2v) is 6.00. The molecule has 0 spiro atoms. The number of unbranched alkanes of at least 4 members (excludes halogenated alkanes) is 9. The molecule has 0 saturated heterocycles. The van der Waals surface area contributed by atoms with Crippen LogP contribution in [0.1, 0.15) is 71.1 Å². The molecule has 0 aromatic carbocycles. The summed E-state index contributed by atoms with van der Waals surface area (Å²) in [4.78, 5) is 19.1. The van der Waals surface area contributed by atoms with E-state index in [0.29, 0.717) is 11.3 Å². The first kappa shape index (κ1) is 20.0. The number of amides is 2. The summed E-state index contributed by atoms with van der Waals surface area (Å²) in [5.41, 5.74) is 5.48. The number of urea groups is 1. The van der Waals surface area contributed by atoms with Crippen LogP contribution in [0, 0.1) is 0 Å². The minimum absolute atomic E-state index is 0.0584. The van der Waals surface area contributed by atoms with Gasteiger partial charge in [-0.25, -0.2) is 9.78 Å². The molecule has 0 fully saturated rings. The standard InChI is InChI=1S/C17H31N5O2/c1-2-3-4-5-6-7-8-9-10-11-13-20-17(23)21-15-12-14-19-16(18)22(15)24/h12,14,24H,2-11,13H2,1H3,(H2,18,19)(H,20,23). The van der Waals surface area contributed by atoms with Crippen LogP contribution in [0.25, 0.3) is 0 Å². The molecule has 1 rings (SSSR count). The molecule has 7 heteroatoms. The largest absolute Gasteiger partial charge is 0.423 e. The monoisotopic (exact) mass is 337 g/mol. The number of anilines is 1. The van der Waals surface area contributed by atoms with Crippen LogP contribution < -0.4 is 16.5 Å². The minimum Gasteiger partial charge on any atom is -0.423 e. The molecule has 0 aliphatic rings. The van der Waals surface area contributed by atoms with Crippen molar-refractivity contribution < 1.29 is 10.0 Å². The van der Waals surface area contributed by atoms with Gasteiger partial charge in [-0.15, -0.1) is 4.73 Å². The zero-order valence-corrected chi connectivity index (χ0v) is 14.7. The van der Waals surface area contributed by atoms with E-state index in [1.165, 1.54) is 63.6 Å². The predicted octanol–water partition coefficient (Wildman–Crippen LogP) is 3.23. The van der Waals surface area contributed by atoms with Crippen LogP contribution in [-0.2, 0) is 0 Å². The molecule has 0 radical (unpaired) electrons. The van der Waals surface area contributed by atoms with Crippen LogP contribution in [0.15, 0.2) is 17.3 Å². The lowest BCUT2D eigenvalue weighted by Crippen LogP contribution is -2.28. The number of aromatic nitrogens is 2. The molecule has 1 aromatic heterocycles. The van der Waals surface area contributed by atoms with Crippen LogP contribution in [0.3, 0.4) is 0 Å². The van der Waals surface area contributed by atoms with Gasteiger partial charge in [-0.1, -0.05) is 64.7 Å². The van der Waals surface area contributed by atoms with E-state index in [2.05, 4.69) is 22.2 Å². The normalized spacial score (nSPS) is 11.6. The Balaban J connectivity index is 2.07. The topological polar surface area (TPSA) is 106 Å². The first-order valence-corrected chi connectivity index (χ1v) is 9.00. The Morgan fingerprint density at radius 2 is 1.75 bits per heavy atom. The molecular formula is C17H31N5O2. The highest BCUT2D eigenvalue weighted by Gasteiger charge is 2.00. The van der Waals surface area contributed by atoms with Crippen molar-refractivity contribution in [3.8, 4) is 0 Å². The van der Waals surface area contributed by atoms with E-state index in [1.807, 2.05) is 0 Å². The summed E-state index contributed by atoms with van der Waals surface area (Å²) in [7, 11) is 0. The zero-order chi connectivity index (χ0) is 17.6. The Labute approximate surface area is 144 Å². The molecule has 7 nitrogen and oxygen atoms in total. The van der Waals surface area contributed by atoms with Crippen molar-refractivity contribution >= 4 is 12.0 Å². The number of nitrogens with two attached hydrogens (primary N) is 1. The Bertz CT molecular complexity index is 542. The molecule has 0 bridgehead atoms. The van der Waals surface area contributed by atoms with Gasteiger partial charge in [0.1, 0.15) is 0 Å². The van der Waals surface area contributed by atoms with Gasteiger partial charge < -0.3 is 16.3 Å². The van der Waals surface area contributed by atoms with Crippen LogP contribution in [-0.4, -0.2) is 27.5 Å². The van der Waals surface area contributed by atoms with Gasteiger partial charge in [-0.2, -0.15) is 4.99 Å². The highest BCUT2D eigenvalue weighted by molar-refractivity contribution is 5.74. The number of hydrogen-bond acceptors (Lipinski definition) is 4. The summed E-state index contributed by atoms with van der Waals surface area (Å²) < 4.78 is 0.583. The Hall–Kier alpha value is -2.05. The van der Waals surface area contributed by atoms with Crippen molar-refractivity contribution in [2.75, 3.05) is 12.3 Å². The number of carbonyl (C=O) groups excluding carboxylic acids is 1. The summed E-state index contributed by atoms with van der Waals surface area (Å²) in [6.07, 6.45) is 13.9. The van der Waals surface area contributed by atoms with Gasteiger partial charge in [-0.3, -0.25) is 0 Å². The van der Waals surface area contributed by atoms with Crippen molar-refractivity contribution in [2.45, 2.75) is 71.1 Å². The SMILES string of the molecule is CCCCCCCCCCCCNC(=O)N=c1ccnc(N)n1O. The molecule has 24 heavy (non-hydrogen) atoms. The van der Waals surface area contributed by atoms with Crippen LogP contribution in [0.2, 0.25) is 0 Å². The van der Waals surface area contributed by atoms with Crippen molar-refractivity contribution in [3.63, 3.8) is 0 Å². The maximum atomic E-state index is 11.7. The molecule has 0 aliphatic heterocycles. The lowest BCUT2D eigenvalue weighted by molar-refractivity contribution is 0.174. The predicted molar refractivity (Wildman–Crippen MR) is 94.6 cm³/mol. The zero-order valence-electron chi connectivity index (χ0n) is 14.7. The van der Waals surface area contributed by atoms with Gasteiger partial charge >= 0.3 is 6.03 Å². The lowest BCUT2D eigenvalue weighted by Gasteiger charge is -2.04. The van der Waals surface area contributed by atoms with Gasteiger partial charge in [-0.05, 0) is 6.42 Å². The molecule has 0 unspecified atom stereocenters. The smallest absolute Gasteiger partial charge is 0.343 e. The van der Waals surface area contributed by atoms with Crippen LogP contribution >= 0.6 is 0 Å². The summed E-state index contributed by atoms with van der Waals surface area (Å²) in [5, 5.41) is 12.3. The fourth-order valence-electron chi connectivity index (χ4n) is 2.46. The minimum atomic E-state index is -0.487. The Morgan fingerprint density at radius 1 is 1.17 bits per heavy atom. The molecule has 1 aromatic rings. The van der Waals surface area contributed by atoms with E-state index in [4.69, 9.17) is 5.73 Å². The first-order valence-electron chi connectivity index (χ1n) is 9.00. The van der Waals surface area contributed by atoms with Gasteiger partial charge in [0.25, 0.3) is 0 Å². The van der Waals surface area contributed by atoms with Crippen LogP contribution in [0.4, 0.5) is 10.7 Å². The molecule has 0 aliphatic carbocycles. The highest BCUT2D eigenvalue weighted by Crippen LogP contribution is 2.10. The summed E-state index contributed by atoms with van der Waals surface area (Å²) in [6.45, 7) is 2.82. The quantitative estimate of drug-likeness (QED) is 0.426. The molecular weight excluding hydrogens is 306 g/mol. The third-order valence-corrected chi connectivity index (χ3v) is 3.89. The lowest BCUT2D eigenvalue weighted by atomic mass is 10.1. The van der Waals surface area contributed by atoms with Crippen LogP contribution in [0.5, 0.6) is 0 Å². The third-order valence-electron chi connectivity index (χ3n) is 3.89. The number of nitrogens with one attached hydrogen (secondary N) is 1. The second-order valence-electron chi connectivity index (χ2n) is 6.00. The van der Waals surface area contributed by atoms with Crippen molar-refractivity contribution in [1.29, 1.82) is 0 Å². The van der Waals surface area contributed by atoms with E-state index in [9.17, 15) is 10.0 Å². The fraction of sp³-hybridized carbons (Fsp3) is 0.706. The van der Waals surface area contributed by atoms with Gasteiger partial charge in [0.2, 0.25) is 5.95 Å². The summed E-state index contributed by atoms with van der Waals surface area (Å²) >= 11 is 0. The fourth-order valence-corrected chi connectivity index (χ4v) is 2.46. The van der Waals surface area contributed by atoms with Crippen molar-refractivity contribution in [1.82, 2.24) is 15.0 Å². The van der Waals surface area contributed by atoms with E-state index < -0.39 is 6.03 Å². The third kappa shape index (κ3) is 8.55.